The van der Waals surface area contributed by atoms with Gasteiger partial charge in [0.2, 0.25) is 11.8 Å². The highest BCUT2D eigenvalue weighted by Gasteiger charge is 2.33. The number of carbonyl (C=O) groups is 3. The van der Waals surface area contributed by atoms with E-state index in [2.05, 4.69) is 5.32 Å². The summed E-state index contributed by atoms with van der Waals surface area (Å²) in [6.07, 6.45) is 1.62. The minimum Gasteiger partial charge on any atom is -0.462 e. The molecule has 1 saturated heterocycles. The van der Waals surface area contributed by atoms with Crippen LogP contribution in [0, 0.1) is 6.92 Å². The van der Waals surface area contributed by atoms with Gasteiger partial charge < -0.3 is 15.0 Å². The van der Waals surface area contributed by atoms with E-state index in [0.29, 0.717) is 17.1 Å². The van der Waals surface area contributed by atoms with Crippen LogP contribution in [0.1, 0.15) is 35.7 Å². The van der Waals surface area contributed by atoms with E-state index < -0.39 is 5.97 Å². The quantitative estimate of drug-likeness (QED) is 0.664. The highest BCUT2D eigenvalue weighted by Crippen LogP contribution is 2.36. The molecule has 0 spiro atoms. The first-order chi connectivity index (χ1) is 14.8. The molecule has 8 heteroatoms. The molecule has 7 nitrogen and oxygen atoms in total. The Morgan fingerprint density at radius 1 is 1.23 bits per heavy atom. The molecule has 166 valence electrons. The van der Waals surface area contributed by atoms with Gasteiger partial charge in [0.25, 0.3) is 0 Å². The molecule has 0 aliphatic carbocycles. The molecule has 0 unspecified atom stereocenters. The van der Waals surface area contributed by atoms with E-state index >= 15 is 0 Å². The minimum absolute atomic E-state index is 0.00953. The van der Waals surface area contributed by atoms with Crippen molar-refractivity contribution in [3.05, 3.63) is 40.8 Å². The van der Waals surface area contributed by atoms with Crippen molar-refractivity contribution in [3.8, 4) is 11.1 Å². The molecule has 0 saturated carbocycles. The number of hydrogen-bond donors (Lipinski definition) is 1. The first kappa shape index (κ1) is 23.0. The lowest BCUT2D eigenvalue weighted by molar-refractivity contribution is -0.133. The Morgan fingerprint density at radius 2 is 1.94 bits per heavy atom. The third-order valence-corrected chi connectivity index (χ3v) is 6.22. The van der Waals surface area contributed by atoms with E-state index in [1.54, 1.807) is 25.9 Å². The molecule has 0 bridgehead atoms. The van der Waals surface area contributed by atoms with Crippen molar-refractivity contribution in [1.82, 2.24) is 9.80 Å². The molecule has 1 fully saturated rings. The summed E-state index contributed by atoms with van der Waals surface area (Å²) < 4.78 is 5.26. The molecule has 1 aliphatic heterocycles. The smallest absolute Gasteiger partial charge is 0.341 e. The maximum Gasteiger partial charge on any atom is 0.341 e. The van der Waals surface area contributed by atoms with Gasteiger partial charge in [0.15, 0.2) is 0 Å². The number of thiophene rings is 1. The van der Waals surface area contributed by atoms with Crippen LogP contribution in [0.3, 0.4) is 0 Å². The molecule has 2 heterocycles. The first-order valence-electron chi connectivity index (χ1n) is 10.4. The van der Waals surface area contributed by atoms with Gasteiger partial charge in [0.1, 0.15) is 10.6 Å². The zero-order valence-corrected chi connectivity index (χ0v) is 19.3. The molecule has 2 amide bonds. The number of rotatable bonds is 7. The number of ether oxygens (including phenoxy) is 1. The molecular formula is C23H29N3O4S. The number of amides is 2. The van der Waals surface area contributed by atoms with Gasteiger partial charge in [-0.2, -0.15) is 0 Å². The van der Waals surface area contributed by atoms with Gasteiger partial charge in [-0.15, -0.1) is 11.3 Å². The van der Waals surface area contributed by atoms with E-state index in [0.717, 1.165) is 29.5 Å². The molecule has 1 aromatic carbocycles. The molecule has 2 aromatic rings. The number of anilines is 1. The van der Waals surface area contributed by atoms with Crippen LogP contribution in [-0.4, -0.2) is 67.4 Å². The third-order valence-electron chi connectivity index (χ3n) is 5.32. The van der Waals surface area contributed by atoms with Crippen molar-refractivity contribution in [2.75, 3.05) is 39.1 Å². The van der Waals surface area contributed by atoms with Gasteiger partial charge in [0.05, 0.1) is 19.2 Å². The molecular weight excluding hydrogens is 414 g/mol. The second-order valence-corrected chi connectivity index (χ2v) is 8.73. The summed E-state index contributed by atoms with van der Waals surface area (Å²) in [5.41, 5.74) is 3.12. The number of likely N-dealkylation sites (tertiary alicyclic amines) is 1. The second-order valence-electron chi connectivity index (χ2n) is 7.85. The van der Waals surface area contributed by atoms with Crippen molar-refractivity contribution in [2.45, 2.75) is 32.7 Å². The summed E-state index contributed by atoms with van der Waals surface area (Å²) in [4.78, 5) is 41.4. The SMILES string of the molecule is CCOC(=O)c1c(-c2ccc(C)cc2)csc1NC(=O)CN1CCC[C@H]1C(=O)N(C)C. The van der Waals surface area contributed by atoms with Crippen molar-refractivity contribution in [2.24, 2.45) is 0 Å². The van der Waals surface area contributed by atoms with Crippen LogP contribution < -0.4 is 5.32 Å². The van der Waals surface area contributed by atoms with Crippen LogP contribution in [0.25, 0.3) is 11.1 Å². The highest BCUT2D eigenvalue weighted by atomic mass is 32.1. The number of aryl methyl sites for hydroxylation is 1. The second kappa shape index (κ2) is 10.1. The zero-order valence-electron chi connectivity index (χ0n) is 18.4. The Hall–Kier alpha value is -2.71. The third kappa shape index (κ3) is 5.32. The van der Waals surface area contributed by atoms with Gasteiger partial charge in [-0.05, 0) is 38.8 Å². The van der Waals surface area contributed by atoms with Crippen molar-refractivity contribution in [1.29, 1.82) is 0 Å². The molecule has 3 rings (SSSR count). The lowest BCUT2D eigenvalue weighted by Gasteiger charge is -2.25. The van der Waals surface area contributed by atoms with Gasteiger partial charge >= 0.3 is 5.97 Å². The molecule has 1 aromatic heterocycles. The highest BCUT2D eigenvalue weighted by molar-refractivity contribution is 7.15. The normalized spacial score (nSPS) is 16.2. The predicted molar refractivity (Wildman–Crippen MR) is 122 cm³/mol. The Bertz CT molecular complexity index is 952. The predicted octanol–water partition coefficient (Wildman–Crippen LogP) is 3.39. The standard InChI is InChI=1S/C23H29N3O4S/c1-5-30-23(29)20-17(16-10-8-15(2)9-11-16)14-31-21(20)24-19(27)13-26-12-6-7-18(26)22(28)25(3)4/h8-11,14,18H,5-7,12-13H2,1-4H3,(H,24,27)/t18-/m0/s1. The van der Waals surface area contributed by atoms with Crippen LogP contribution in [0.4, 0.5) is 5.00 Å². The molecule has 1 N–H and O–H groups in total. The van der Waals surface area contributed by atoms with Crippen LogP contribution >= 0.6 is 11.3 Å². The number of esters is 1. The average Bonchev–Trinajstić information content (AvgIpc) is 3.35. The van der Waals surface area contributed by atoms with Crippen molar-refractivity contribution < 1.29 is 19.1 Å². The Balaban J connectivity index is 1.80. The van der Waals surface area contributed by atoms with Crippen molar-refractivity contribution >= 4 is 34.1 Å². The number of likely N-dealkylation sites (N-methyl/N-ethyl adjacent to an activating group) is 1. The van der Waals surface area contributed by atoms with Crippen molar-refractivity contribution in [3.63, 3.8) is 0 Å². The fourth-order valence-corrected chi connectivity index (χ4v) is 4.72. The number of nitrogens with one attached hydrogen (secondary N) is 1. The Labute approximate surface area is 187 Å². The molecule has 31 heavy (non-hydrogen) atoms. The topological polar surface area (TPSA) is 79.0 Å². The van der Waals surface area contributed by atoms with Crippen LogP contribution in [0.15, 0.2) is 29.6 Å². The maximum absolute atomic E-state index is 12.8. The zero-order chi connectivity index (χ0) is 22.5. The molecule has 1 atom stereocenters. The summed E-state index contributed by atoms with van der Waals surface area (Å²) >= 11 is 1.30. The fraction of sp³-hybridized carbons (Fsp3) is 0.435. The minimum atomic E-state index is -0.462. The summed E-state index contributed by atoms with van der Waals surface area (Å²) in [6.45, 7) is 4.80. The molecule has 1 aliphatic rings. The number of benzene rings is 1. The van der Waals surface area contributed by atoms with Crippen LogP contribution in [0.5, 0.6) is 0 Å². The van der Waals surface area contributed by atoms with Crippen LogP contribution in [0.2, 0.25) is 0 Å². The van der Waals surface area contributed by atoms with Gasteiger partial charge in [-0.25, -0.2) is 4.79 Å². The van der Waals surface area contributed by atoms with E-state index in [1.165, 1.54) is 11.3 Å². The largest absolute Gasteiger partial charge is 0.462 e. The Kier molecular flexibility index (Phi) is 7.46. The maximum atomic E-state index is 12.8. The Morgan fingerprint density at radius 3 is 2.58 bits per heavy atom. The van der Waals surface area contributed by atoms with Gasteiger partial charge in [-0.3, -0.25) is 14.5 Å². The molecule has 0 radical (unpaired) electrons. The number of hydrogen-bond acceptors (Lipinski definition) is 6. The summed E-state index contributed by atoms with van der Waals surface area (Å²) in [6, 6.07) is 7.59. The summed E-state index contributed by atoms with van der Waals surface area (Å²) in [5.74, 6) is -0.701. The van der Waals surface area contributed by atoms with Crippen LogP contribution in [-0.2, 0) is 14.3 Å². The lowest BCUT2D eigenvalue weighted by atomic mass is 10.0. The van der Waals surface area contributed by atoms with E-state index in [-0.39, 0.29) is 31.0 Å². The number of nitrogens with zero attached hydrogens (tertiary/aromatic N) is 2. The monoisotopic (exact) mass is 443 g/mol. The average molecular weight is 444 g/mol. The lowest BCUT2D eigenvalue weighted by Crippen LogP contribution is -2.45. The van der Waals surface area contributed by atoms with E-state index in [1.807, 2.05) is 41.5 Å². The first-order valence-corrected chi connectivity index (χ1v) is 11.3. The summed E-state index contributed by atoms with van der Waals surface area (Å²) in [5, 5.41) is 5.21. The summed E-state index contributed by atoms with van der Waals surface area (Å²) in [7, 11) is 3.45. The number of carbonyl (C=O) groups excluding carboxylic acids is 3. The van der Waals surface area contributed by atoms with E-state index in [9.17, 15) is 14.4 Å². The fourth-order valence-electron chi connectivity index (χ4n) is 3.75. The van der Waals surface area contributed by atoms with Gasteiger partial charge in [0, 0.05) is 25.0 Å². The van der Waals surface area contributed by atoms with Gasteiger partial charge in [-0.1, -0.05) is 29.8 Å². The van der Waals surface area contributed by atoms with E-state index in [4.69, 9.17) is 4.74 Å².